The Morgan fingerprint density at radius 3 is 2.39 bits per heavy atom. The molecular weight excluding hydrogens is 358 g/mol. The van der Waals surface area contributed by atoms with Crippen LogP contribution in [0.4, 0.5) is 5.69 Å². The third kappa shape index (κ3) is 2.99. The number of rotatable bonds is 5. The number of carbonyl (C=O) groups excluding carboxylic acids is 3. The molecule has 0 aromatic heterocycles. The first-order chi connectivity index (χ1) is 13.5. The molecule has 1 aromatic rings. The quantitative estimate of drug-likeness (QED) is 0.731. The van der Waals surface area contributed by atoms with Gasteiger partial charge >= 0.3 is 5.97 Å². The highest BCUT2D eigenvalue weighted by molar-refractivity contribution is 6.01. The average molecular weight is 383 g/mol. The van der Waals surface area contributed by atoms with E-state index >= 15 is 0 Å². The summed E-state index contributed by atoms with van der Waals surface area (Å²) in [6.07, 6.45) is 6.70. The molecule has 0 unspecified atom stereocenters. The van der Waals surface area contributed by atoms with Gasteiger partial charge in [0.1, 0.15) is 12.3 Å². The van der Waals surface area contributed by atoms with Gasteiger partial charge in [-0.1, -0.05) is 12.1 Å². The van der Waals surface area contributed by atoms with Crippen LogP contribution >= 0.6 is 0 Å². The summed E-state index contributed by atoms with van der Waals surface area (Å²) in [6, 6.07) is 7.10. The standard InChI is InChI=1S/C22H25NO5/c24-19(22-8-14-5-15(9-22)7-16(6-14)10-22)12-28-21(26)11-23-17-3-1-2-4-18(17)27-13-20(23)25/h1-4,14-16H,5-13H2. The molecule has 0 spiro atoms. The van der Waals surface area contributed by atoms with Gasteiger partial charge in [-0.25, -0.2) is 0 Å². The van der Waals surface area contributed by atoms with Crippen LogP contribution in [0.1, 0.15) is 38.5 Å². The van der Waals surface area contributed by atoms with Gasteiger partial charge in [0.2, 0.25) is 0 Å². The minimum atomic E-state index is -0.553. The van der Waals surface area contributed by atoms with Crippen molar-refractivity contribution in [3.63, 3.8) is 0 Å². The van der Waals surface area contributed by atoms with Crippen molar-refractivity contribution in [1.29, 1.82) is 0 Å². The average Bonchev–Trinajstić information content (AvgIpc) is 2.67. The number of hydrogen-bond acceptors (Lipinski definition) is 5. The van der Waals surface area contributed by atoms with Crippen molar-refractivity contribution in [1.82, 2.24) is 0 Å². The summed E-state index contributed by atoms with van der Waals surface area (Å²) in [5, 5.41) is 0. The Hall–Kier alpha value is -2.37. The maximum absolute atomic E-state index is 13.0. The zero-order valence-corrected chi connectivity index (χ0v) is 15.9. The van der Waals surface area contributed by atoms with Crippen LogP contribution in [0, 0.1) is 23.2 Å². The van der Waals surface area contributed by atoms with E-state index in [0.29, 0.717) is 29.2 Å². The fourth-order valence-corrected chi connectivity index (χ4v) is 6.25. The van der Waals surface area contributed by atoms with Crippen molar-refractivity contribution in [3.8, 4) is 5.75 Å². The fourth-order valence-electron chi connectivity index (χ4n) is 6.25. The molecule has 1 heterocycles. The number of ketones is 1. The molecule has 6 rings (SSSR count). The van der Waals surface area contributed by atoms with Crippen molar-refractivity contribution in [3.05, 3.63) is 24.3 Å². The maximum Gasteiger partial charge on any atom is 0.326 e. The molecule has 1 aliphatic heterocycles. The van der Waals surface area contributed by atoms with Gasteiger partial charge in [0.05, 0.1) is 5.69 Å². The van der Waals surface area contributed by atoms with Crippen molar-refractivity contribution >= 4 is 23.3 Å². The predicted octanol–water partition coefficient (Wildman–Crippen LogP) is 2.74. The highest BCUT2D eigenvalue weighted by atomic mass is 16.5. The number of para-hydroxylation sites is 2. The summed E-state index contributed by atoms with van der Waals surface area (Å²) in [5.41, 5.74) is 0.291. The Morgan fingerprint density at radius 1 is 1.07 bits per heavy atom. The Morgan fingerprint density at radius 2 is 1.71 bits per heavy atom. The fraction of sp³-hybridized carbons (Fsp3) is 0.591. The first-order valence-electron chi connectivity index (χ1n) is 10.2. The Labute approximate surface area is 164 Å². The van der Waals surface area contributed by atoms with Crippen molar-refractivity contribution in [2.24, 2.45) is 23.2 Å². The molecule has 4 saturated carbocycles. The second kappa shape index (κ2) is 6.61. The molecule has 0 N–H and O–H groups in total. The molecule has 148 valence electrons. The molecule has 0 saturated heterocycles. The molecule has 28 heavy (non-hydrogen) atoms. The lowest BCUT2D eigenvalue weighted by Crippen LogP contribution is -2.51. The van der Waals surface area contributed by atoms with E-state index < -0.39 is 5.97 Å². The van der Waals surface area contributed by atoms with Gasteiger partial charge in [0.15, 0.2) is 19.0 Å². The molecule has 0 radical (unpaired) electrons. The third-order valence-corrected chi connectivity index (χ3v) is 7.09. The molecule has 4 aliphatic carbocycles. The number of anilines is 1. The summed E-state index contributed by atoms with van der Waals surface area (Å²) in [4.78, 5) is 38.9. The van der Waals surface area contributed by atoms with E-state index in [4.69, 9.17) is 9.47 Å². The molecule has 6 heteroatoms. The normalized spacial score (nSPS) is 32.6. The molecule has 4 fully saturated rings. The summed E-state index contributed by atoms with van der Waals surface area (Å²) in [7, 11) is 0. The number of carbonyl (C=O) groups is 3. The minimum absolute atomic E-state index is 0.0775. The van der Waals surface area contributed by atoms with Gasteiger partial charge in [-0.05, 0) is 68.4 Å². The second-order valence-electron chi connectivity index (χ2n) is 9.02. The van der Waals surface area contributed by atoms with E-state index in [1.165, 1.54) is 24.2 Å². The first-order valence-corrected chi connectivity index (χ1v) is 10.2. The second-order valence-corrected chi connectivity index (χ2v) is 9.02. The Balaban J connectivity index is 1.21. The van der Waals surface area contributed by atoms with Gasteiger partial charge in [0.25, 0.3) is 5.91 Å². The highest BCUT2D eigenvalue weighted by Gasteiger charge is 2.54. The number of esters is 1. The zero-order chi connectivity index (χ0) is 19.3. The van der Waals surface area contributed by atoms with E-state index in [2.05, 4.69) is 0 Å². The summed E-state index contributed by atoms with van der Waals surface area (Å²) in [5.74, 6) is 1.83. The van der Waals surface area contributed by atoms with E-state index in [1.54, 1.807) is 18.2 Å². The number of benzene rings is 1. The lowest BCUT2D eigenvalue weighted by molar-refractivity contribution is -0.157. The number of fused-ring (bicyclic) bond motifs is 1. The smallest absolute Gasteiger partial charge is 0.326 e. The largest absolute Gasteiger partial charge is 0.482 e. The van der Waals surface area contributed by atoms with Crippen LogP contribution < -0.4 is 9.64 Å². The number of hydrogen-bond donors (Lipinski definition) is 0. The van der Waals surface area contributed by atoms with Crippen LogP contribution in [0.2, 0.25) is 0 Å². The van der Waals surface area contributed by atoms with Crippen LogP contribution in [0.25, 0.3) is 0 Å². The van der Waals surface area contributed by atoms with E-state index in [0.717, 1.165) is 19.3 Å². The third-order valence-electron chi connectivity index (χ3n) is 7.09. The lowest BCUT2D eigenvalue weighted by atomic mass is 9.48. The molecule has 1 amide bonds. The van der Waals surface area contributed by atoms with Gasteiger partial charge in [-0.3, -0.25) is 19.3 Å². The number of nitrogens with zero attached hydrogens (tertiary/aromatic N) is 1. The van der Waals surface area contributed by atoms with Crippen LogP contribution in [0.5, 0.6) is 5.75 Å². The van der Waals surface area contributed by atoms with E-state index in [-0.39, 0.29) is 36.9 Å². The maximum atomic E-state index is 13.0. The number of ether oxygens (including phenoxy) is 2. The molecule has 1 aromatic carbocycles. The highest BCUT2D eigenvalue weighted by Crippen LogP contribution is 2.60. The van der Waals surface area contributed by atoms with E-state index in [9.17, 15) is 14.4 Å². The SMILES string of the molecule is O=C(CN1C(=O)COc2ccccc21)OCC(=O)C12CC3CC(CC(C3)C1)C2. The zero-order valence-electron chi connectivity index (χ0n) is 15.9. The topological polar surface area (TPSA) is 72.9 Å². The summed E-state index contributed by atoms with van der Waals surface area (Å²) in [6.45, 7) is -0.477. The van der Waals surface area contributed by atoms with Gasteiger partial charge < -0.3 is 9.47 Å². The van der Waals surface area contributed by atoms with Gasteiger partial charge in [-0.2, -0.15) is 0 Å². The van der Waals surface area contributed by atoms with Crippen molar-refractivity contribution in [2.75, 3.05) is 24.7 Å². The molecule has 5 aliphatic rings. The van der Waals surface area contributed by atoms with Crippen molar-refractivity contribution in [2.45, 2.75) is 38.5 Å². The van der Waals surface area contributed by atoms with Crippen molar-refractivity contribution < 1.29 is 23.9 Å². The van der Waals surface area contributed by atoms with E-state index in [1.807, 2.05) is 6.07 Å². The number of amides is 1. The van der Waals surface area contributed by atoms with Crippen LogP contribution in [0.15, 0.2) is 24.3 Å². The molecular formula is C22H25NO5. The van der Waals surface area contributed by atoms with Crippen LogP contribution in [0.3, 0.4) is 0 Å². The van der Waals surface area contributed by atoms with Gasteiger partial charge in [0, 0.05) is 5.41 Å². The molecule has 4 bridgehead atoms. The molecule has 0 atom stereocenters. The Bertz CT molecular complexity index is 797. The summed E-state index contributed by atoms with van der Waals surface area (Å²) < 4.78 is 10.7. The first kappa shape index (κ1) is 17.7. The predicted molar refractivity (Wildman–Crippen MR) is 101 cm³/mol. The lowest BCUT2D eigenvalue weighted by Gasteiger charge is -2.55. The summed E-state index contributed by atoms with van der Waals surface area (Å²) >= 11 is 0. The van der Waals surface area contributed by atoms with Gasteiger partial charge in [-0.15, -0.1) is 0 Å². The monoisotopic (exact) mass is 383 g/mol. The minimum Gasteiger partial charge on any atom is -0.482 e. The van der Waals surface area contributed by atoms with Crippen LogP contribution in [-0.2, 0) is 19.1 Å². The molecule has 6 nitrogen and oxygen atoms in total. The Kier molecular flexibility index (Phi) is 4.18. The van der Waals surface area contributed by atoms with Crippen LogP contribution in [-0.4, -0.2) is 37.4 Å². The number of Topliss-reactive ketones (excluding diaryl/α,β-unsaturated/α-hetero) is 1.